The van der Waals surface area contributed by atoms with E-state index in [1.807, 2.05) is 11.4 Å². The lowest BCUT2D eigenvalue weighted by molar-refractivity contribution is 0.0857. The van der Waals surface area contributed by atoms with E-state index in [1.165, 1.54) is 19.3 Å². The summed E-state index contributed by atoms with van der Waals surface area (Å²) in [4.78, 5) is 1.00. The van der Waals surface area contributed by atoms with E-state index in [-0.39, 0.29) is 6.10 Å². The Hall–Kier alpha value is -0.540. The first-order chi connectivity index (χ1) is 7.33. The van der Waals surface area contributed by atoms with Gasteiger partial charge in [-0.1, -0.05) is 19.3 Å². The number of thiophene rings is 1. The smallest absolute Gasteiger partial charge is 0.135 e. The maximum atomic E-state index is 10.3. The first-order valence-corrected chi connectivity index (χ1v) is 6.50. The molecule has 0 spiro atoms. The molecule has 15 heavy (non-hydrogen) atoms. The van der Waals surface area contributed by atoms with Crippen LogP contribution in [0.4, 0.5) is 0 Å². The highest BCUT2D eigenvalue weighted by molar-refractivity contribution is 7.10. The maximum Gasteiger partial charge on any atom is 0.135 e. The Labute approximate surface area is 94.9 Å². The molecule has 1 atom stereocenters. The third-order valence-corrected chi connectivity index (χ3v) is 4.21. The number of rotatable bonds is 3. The minimum atomic E-state index is -0.319. The van der Waals surface area contributed by atoms with E-state index in [0.717, 1.165) is 23.5 Å². The van der Waals surface area contributed by atoms with Gasteiger partial charge in [0.05, 0.1) is 18.1 Å². The van der Waals surface area contributed by atoms with Crippen LogP contribution in [0.5, 0.6) is 5.75 Å². The summed E-state index contributed by atoms with van der Waals surface area (Å²) < 4.78 is 5.25. The summed E-state index contributed by atoms with van der Waals surface area (Å²) in [5.74, 6) is 1.28. The summed E-state index contributed by atoms with van der Waals surface area (Å²) in [7, 11) is 1.67. The van der Waals surface area contributed by atoms with Gasteiger partial charge in [0.1, 0.15) is 5.75 Å². The average molecular weight is 226 g/mol. The summed E-state index contributed by atoms with van der Waals surface area (Å²) in [6.45, 7) is 0. The minimum Gasteiger partial charge on any atom is -0.495 e. The molecule has 3 heteroatoms. The molecule has 0 bridgehead atoms. The van der Waals surface area contributed by atoms with Gasteiger partial charge in [0.15, 0.2) is 0 Å². The van der Waals surface area contributed by atoms with E-state index < -0.39 is 0 Å². The Kier molecular flexibility index (Phi) is 3.65. The van der Waals surface area contributed by atoms with Crippen LogP contribution in [0.2, 0.25) is 0 Å². The predicted octanol–water partition coefficient (Wildman–Crippen LogP) is 3.37. The number of aliphatic hydroxyl groups is 1. The lowest BCUT2D eigenvalue weighted by atomic mass is 9.85. The number of hydrogen-bond acceptors (Lipinski definition) is 3. The normalized spacial score (nSPS) is 20.1. The van der Waals surface area contributed by atoms with Gasteiger partial charge in [0.2, 0.25) is 0 Å². The molecule has 1 aromatic rings. The van der Waals surface area contributed by atoms with Crippen LogP contribution in [0, 0.1) is 5.92 Å². The summed E-state index contributed by atoms with van der Waals surface area (Å²) in [5, 5.41) is 12.3. The van der Waals surface area contributed by atoms with Crippen molar-refractivity contribution in [2.24, 2.45) is 5.92 Å². The Morgan fingerprint density at radius 2 is 2.13 bits per heavy atom. The summed E-state index contributed by atoms with van der Waals surface area (Å²) in [6.07, 6.45) is 5.83. The fourth-order valence-corrected chi connectivity index (χ4v) is 3.30. The molecule has 1 fully saturated rings. The second-order valence-corrected chi connectivity index (χ2v) is 5.14. The van der Waals surface area contributed by atoms with Crippen LogP contribution in [-0.2, 0) is 0 Å². The van der Waals surface area contributed by atoms with Crippen molar-refractivity contribution in [2.45, 2.75) is 38.2 Å². The Morgan fingerprint density at radius 1 is 1.40 bits per heavy atom. The second-order valence-electron chi connectivity index (χ2n) is 4.20. The fraction of sp³-hybridized carbons (Fsp3) is 0.667. The van der Waals surface area contributed by atoms with Crippen LogP contribution in [0.25, 0.3) is 0 Å². The molecule has 1 aliphatic rings. The van der Waals surface area contributed by atoms with E-state index in [1.54, 1.807) is 18.4 Å². The standard InChI is InChI=1S/C12H18O2S/c1-14-10-7-8-15-12(10)11(13)9-5-3-2-4-6-9/h7-9,11,13H,2-6H2,1H3. The van der Waals surface area contributed by atoms with Crippen LogP contribution >= 0.6 is 11.3 Å². The van der Waals surface area contributed by atoms with Gasteiger partial charge in [-0.15, -0.1) is 11.3 Å². The molecule has 1 aliphatic carbocycles. The monoisotopic (exact) mass is 226 g/mol. The zero-order valence-corrected chi connectivity index (χ0v) is 9.93. The first kappa shape index (κ1) is 11.0. The van der Waals surface area contributed by atoms with E-state index in [2.05, 4.69) is 0 Å². The number of ether oxygens (including phenoxy) is 1. The van der Waals surface area contributed by atoms with E-state index in [0.29, 0.717) is 5.92 Å². The van der Waals surface area contributed by atoms with Crippen LogP contribution in [0.3, 0.4) is 0 Å². The van der Waals surface area contributed by atoms with Gasteiger partial charge in [-0.05, 0) is 30.2 Å². The third kappa shape index (κ3) is 2.34. The van der Waals surface area contributed by atoms with Gasteiger partial charge >= 0.3 is 0 Å². The molecule has 1 aromatic heterocycles. The summed E-state index contributed by atoms with van der Waals surface area (Å²) in [6, 6.07) is 1.94. The SMILES string of the molecule is COc1ccsc1C(O)C1CCCCC1. The molecular formula is C12H18O2S. The molecule has 1 N–H and O–H groups in total. The number of hydrogen-bond donors (Lipinski definition) is 1. The molecular weight excluding hydrogens is 208 g/mol. The topological polar surface area (TPSA) is 29.5 Å². The highest BCUT2D eigenvalue weighted by Crippen LogP contribution is 2.40. The first-order valence-electron chi connectivity index (χ1n) is 5.62. The van der Waals surface area contributed by atoms with Gasteiger partial charge in [-0.3, -0.25) is 0 Å². The molecule has 1 unspecified atom stereocenters. The van der Waals surface area contributed by atoms with Gasteiger partial charge in [0, 0.05) is 0 Å². The molecule has 0 aromatic carbocycles. The fourth-order valence-electron chi connectivity index (χ4n) is 2.36. The van der Waals surface area contributed by atoms with Gasteiger partial charge < -0.3 is 9.84 Å². The van der Waals surface area contributed by atoms with Crippen molar-refractivity contribution < 1.29 is 9.84 Å². The maximum absolute atomic E-state index is 10.3. The minimum absolute atomic E-state index is 0.319. The van der Waals surface area contributed by atoms with Crippen LogP contribution < -0.4 is 4.74 Å². The molecule has 2 rings (SSSR count). The van der Waals surface area contributed by atoms with E-state index >= 15 is 0 Å². The largest absolute Gasteiger partial charge is 0.495 e. The Morgan fingerprint density at radius 3 is 2.80 bits per heavy atom. The molecule has 84 valence electrons. The van der Waals surface area contributed by atoms with Gasteiger partial charge in [-0.2, -0.15) is 0 Å². The van der Waals surface area contributed by atoms with Crippen molar-refractivity contribution in [3.05, 3.63) is 16.3 Å². The molecule has 0 amide bonds. The van der Waals surface area contributed by atoms with Crippen LogP contribution in [-0.4, -0.2) is 12.2 Å². The third-order valence-electron chi connectivity index (χ3n) is 3.24. The molecule has 0 saturated heterocycles. The Bertz CT molecular complexity index is 302. The van der Waals surface area contributed by atoms with Crippen molar-refractivity contribution in [2.75, 3.05) is 7.11 Å². The quantitative estimate of drug-likeness (QED) is 0.856. The zero-order chi connectivity index (χ0) is 10.7. The zero-order valence-electron chi connectivity index (χ0n) is 9.11. The summed E-state index contributed by atoms with van der Waals surface area (Å²) >= 11 is 1.60. The summed E-state index contributed by atoms with van der Waals surface area (Å²) in [5.41, 5.74) is 0. The van der Waals surface area contributed by atoms with Crippen LogP contribution in [0.15, 0.2) is 11.4 Å². The van der Waals surface area contributed by atoms with Crippen molar-refractivity contribution in [3.8, 4) is 5.75 Å². The lowest BCUT2D eigenvalue weighted by Gasteiger charge is -2.26. The average Bonchev–Trinajstić information content (AvgIpc) is 2.77. The molecule has 0 aliphatic heterocycles. The van der Waals surface area contributed by atoms with Gasteiger partial charge in [-0.25, -0.2) is 0 Å². The van der Waals surface area contributed by atoms with Crippen molar-refractivity contribution in [1.29, 1.82) is 0 Å². The molecule has 1 heterocycles. The van der Waals surface area contributed by atoms with Crippen molar-refractivity contribution in [3.63, 3.8) is 0 Å². The highest BCUT2D eigenvalue weighted by atomic mass is 32.1. The van der Waals surface area contributed by atoms with Gasteiger partial charge in [0.25, 0.3) is 0 Å². The number of aliphatic hydroxyl groups excluding tert-OH is 1. The van der Waals surface area contributed by atoms with E-state index in [9.17, 15) is 5.11 Å². The highest BCUT2D eigenvalue weighted by Gasteiger charge is 2.26. The second kappa shape index (κ2) is 4.99. The van der Waals surface area contributed by atoms with E-state index in [4.69, 9.17) is 4.74 Å². The Balaban J connectivity index is 2.08. The van der Waals surface area contributed by atoms with Crippen LogP contribution in [0.1, 0.15) is 43.1 Å². The number of methoxy groups -OCH3 is 1. The van der Waals surface area contributed by atoms with Crippen molar-refractivity contribution >= 4 is 11.3 Å². The molecule has 1 saturated carbocycles. The molecule has 0 radical (unpaired) electrons. The molecule has 2 nitrogen and oxygen atoms in total. The van der Waals surface area contributed by atoms with Crippen molar-refractivity contribution in [1.82, 2.24) is 0 Å². The predicted molar refractivity (Wildman–Crippen MR) is 62.4 cm³/mol. The lowest BCUT2D eigenvalue weighted by Crippen LogP contribution is -2.15.